The van der Waals surface area contributed by atoms with Gasteiger partial charge in [-0.3, -0.25) is 14.8 Å². The Balaban J connectivity index is 1.44. The molecule has 7 heteroatoms. The lowest BCUT2D eigenvalue weighted by atomic mass is 10.2. The van der Waals surface area contributed by atoms with Crippen LogP contribution in [0.2, 0.25) is 0 Å². The van der Waals surface area contributed by atoms with Crippen molar-refractivity contribution in [3.05, 3.63) is 41.5 Å². The number of ether oxygens (including phenoxy) is 1. The summed E-state index contributed by atoms with van der Waals surface area (Å²) in [7, 11) is 0. The smallest absolute Gasteiger partial charge is 0.237 e. The van der Waals surface area contributed by atoms with Crippen molar-refractivity contribution >= 4 is 5.91 Å². The molecule has 132 valence electrons. The summed E-state index contributed by atoms with van der Waals surface area (Å²) in [5.74, 6) is 2.58. The Bertz CT molecular complexity index is 759. The molecule has 25 heavy (non-hydrogen) atoms. The van der Waals surface area contributed by atoms with Crippen LogP contribution < -0.4 is 4.74 Å². The molecular formula is C18H23N5O2. The Morgan fingerprint density at radius 2 is 2.24 bits per heavy atom. The van der Waals surface area contributed by atoms with Gasteiger partial charge in [0.15, 0.2) is 5.82 Å². The van der Waals surface area contributed by atoms with Crippen LogP contribution >= 0.6 is 0 Å². The minimum Gasteiger partial charge on any atom is -0.492 e. The van der Waals surface area contributed by atoms with E-state index in [-0.39, 0.29) is 11.9 Å². The van der Waals surface area contributed by atoms with Gasteiger partial charge >= 0.3 is 0 Å². The molecule has 1 N–H and O–H groups in total. The fraction of sp³-hybridized carbons (Fsp3) is 0.500. The number of aromatic amines is 1. The zero-order valence-electron chi connectivity index (χ0n) is 14.4. The van der Waals surface area contributed by atoms with E-state index in [0.717, 1.165) is 55.4 Å². The summed E-state index contributed by atoms with van der Waals surface area (Å²) in [4.78, 5) is 21.4. The van der Waals surface area contributed by atoms with Crippen molar-refractivity contribution in [2.45, 2.75) is 32.4 Å². The van der Waals surface area contributed by atoms with Crippen molar-refractivity contribution in [3.8, 4) is 5.75 Å². The number of para-hydroxylation sites is 1. The number of nitrogens with zero attached hydrogens (tertiary/aromatic N) is 4. The van der Waals surface area contributed by atoms with Gasteiger partial charge in [0, 0.05) is 25.2 Å². The molecule has 1 amide bonds. The second kappa shape index (κ2) is 6.84. The van der Waals surface area contributed by atoms with Gasteiger partial charge in [-0.05, 0) is 25.8 Å². The minimum absolute atomic E-state index is 0.00651. The molecule has 4 rings (SSSR count). The van der Waals surface area contributed by atoms with Crippen molar-refractivity contribution in [1.29, 1.82) is 0 Å². The van der Waals surface area contributed by atoms with Crippen LogP contribution in [0.3, 0.4) is 0 Å². The lowest BCUT2D eigenvalue weighted by molar-refractivity contribution is -0.133. The Kier molecular flexibility index (Phi) is 4.40. The van der Waals surface area contributed by atoms with E-state index < -0.39 is 0 Å². The number of rotatable bonds is 3. The number of carbonyl (C=O) groups is 1. The normalized spacial score (nSPS) is 20.8. The zero-order chi connectivity index (χ0) is 17.2. The number of hydrogen-bond donors (Lipinski definition) is 1. The maximum Gasteiger partial charge on any atom is 0.237 e. The highest BCUT2D eigenvalue weighted by molar-refractivity contribution is 5.79. The molecule has 1 atom stereocenters. The molecule has 1 fully saturated rings. The van der Waals surface area contributed by atoms with E-state index in [1.807, 2.05) is 30.0 Å². The van der Waals surface area contributed by atoms with Gasteiger partial charge in [-0.25, -0.2) is 4.98 Å². The first-order valence-corrected chi connectivity index (χ1v) is 8.82. The second-order valence-electron chi connectivity index (χ2n) is 6.69. The zero-order valence-corrected chi connectivity index (χ0v) is 14.4. The summed E-state index contributed by atoms with van der Waals surface area (Å²) in [5, 5.41) is 7.14. The number of likely N-dealkylation sites (tertiary alicyclic amines) is 1. The Morgan fingerprint density at radius 3 is 3.08 bits per heavy atom. The fourth-order valence-electron chi connectivity index (χ4n) is 3.64. The molecule has 2 aromatic rings. The van der Waals surface area contributed by atoms with Crippen LogP contribution in [0.1, 0.15) is 36.1 Å². The third-order valence-corrected chi connectivity index (χ3v) is 4.88. The number of benzene rings is 1. The number of aromatic nitrogens is 3. The fourth-order valence-corrected chi connectivity index (χ4v) is 3.64. The van der Waals surface area contributed by atoms with Crippen LogP contribution in [0, 0.1) is 6.92 Å². The van der Waals surface area contributed by atoms with Gasteiger partial charge in [0.2, 0.25) is 5.91 Å². The molecule has 0 radical (unpaired) electrons. The van der Waals surface area contributed by atoms with Crippen LogP contribution in [0.4, 0.5) is 0 Å². The highest BCUT2D eigenvalue weighted by atomic mass is 16.5. The number of aryl methyl sites for hydroxylation is 1. The quantitative estimate of drug-likeness (QED) is 0.919. The molecule has 1 aromatic heterocycles. The molecule has 0 aliphatic carbocycles. The number of hydrogen-bond acceptors (Lipinski definition) is 5. The third-order valence-electron chi connectivity index (χ3n) is 4.88. The predicted molar refractivity (Wildman–Crippen MR) is 92.0 cm³/mol. The van der Waals surface area contributed by atoms with Crippen molar-refractivity contribution < 1.29 is 9.53 Å². The SMILES string of the molecule is Cc1nc([C@H]2CCCN2C(=O)CN2CCOc3ccccc3C2)n[nH]1. The predicted octanol–water partition coefficient (Wildman–Crippen LogP) is 1.67. The number of nitrogens with one attached hydrogen (secondary N) is 1. The second-order valence-corrected chi connectivity index (χ2v) is 6.69. The molecule has 0 spiro atoms. The lowest BCUT2D eigenvalue weighted by Crippen LogP contribution is -2.40. The van der Waals surface area contributed by atoms with Crippen molar-refractivity contribution in [3.63, 3.8) is 0 Å². The van der Waals surface area contributed by atoms with Gasteiger partial charge in [-0.2, -0.15) is 5.10 Å². The minimum atomic E-state index is -0.00651. The molecule has 3 heterocycles. The van der Waals surface area contributed by atoms with E-state index in [1.54, 1.807) is 0 Å². The van der Waals surface area contributed by atoms with Crippen molar-refractivity contribution in [1.82, 2.24) is 25.0 Å². The molecule has 0 unspecified atom stereocenters. The first-order chi connectivity index (χ1) is 12.2. The Morgan fingerprint density at radius 1 is 1.36 bits per heavy atom. The monoisotopic (exact) mass is 341 g/mol. The van der Waals surface area contributed by atoms with E-state index in [9.17, 15) is 4.79 Å². The molecule has 7 nitrogen and oxygen atoms in total. The molecule has 0 bridgehead atoms. The third kappa shape index (κ3) is 3.37. The van der Waals surface area contributed by atoms with Gasteiger partial charge in [-0.15, -0.1) is 0 Å². The first-order valence-electron chi connectivity index (χ1n) is 8.82. The van der Waals surface area contributed by atoms with Gasteiger partial charge in [-0.1, -0.05) is 18.2 Å². The number of carbonyl (C=O) groups excluding carboxylic acids is 1. The van der Waals surface area contributed by atoms with Crippen molar-refractivity contribution in [2.75, 3.05) is 26.2 Å². The highest BCUT2D eigenvalue weighted by Crippen LogP contribution is 2.30. The number of fused-ring (bicyclic) bond motifs is 1. The van der Waals surface area contributed by atoms with Crippen LogP contribution in [0.25, 0.3) is 0 Å². The van der Waals surface area contributed by atoms with E-state index in [0.29, 0.717) is 13.2 Å². The topological polar surface area (TPSA) is 74.3 Å². The largest absolute Gasteiger partial charge is 0.492 e. The Labute approximate surface area is 147 Å². The van der Waals surface area contributed by atoms with Crippen molar-refractivity contribution in [2.24, 2.45) is 0 Å². The summed E-state index contributed by atoms with van der Waals surface area (Å²) < 4.78 is 5.79. The summed E-state index contributed by atoms with van der Waals surface area (Å²) in [6, 6.07) is 8.03. The molecular weight excluding hydrogens is 318 g/mol. The number of H-pyrrole nitrogens is 1. The first kappa shape index (κ1) is 16.1. The van der Waals surface area contributed by atoms with Crippen LogP contribution in [0.5, 0.6) is 5.75 Å². The maximum absolute atomic E-state index is 12.9. The molecule has 0 saturated carbocycles. The van der Waals surface area contributed by atoms with Crippen LogP contribution in [0.15, 0.2) is 24.3 Å². The van der Waals surface area contributed by atoms with Gasteiger partial charge < -0.3 is 9.64 Å². The van der Waals surface area contributed by atoms with E-state index in [1.165, 1.54) is 0 Å². The summed E-state index contributed by atoms with van der Waals surface area (Å²) in [6.07, 6.45) is 1.92. The molecule has 2 aliphatic heterocycles. The molecule has 1 aromatic carbocycles. The van der Waals surface area contributed by atoms with Crippen LogP contribution in [-0.2, 0) is 11.3 Å². The standard InChI is InChI=1S/C18H23N5O2/c1-13-19-18(21-20-13)15-6-4-8-23(15)17(24)12-22-9-10-25-16-7-3-2-5-14(16)11-22/h2-3,5,7,15H,4,6,8-12H2,1H3,(H,19,20,21)/t15-/m1/s1. The van der Waals surface area contributed by atoms with Crippen LogP contribution in [-0.4, -0.2) is 57.1 Å². The highest BCUT2D eigenvalue weighted by Gasteiger charge is 2.33. The lowest BCUT2D eigenvalue weighted by Gasteiger charge is -2.26. The van der Waals surface area contributed by atoms with E-state index in [2.05, 4.69) is 26.1 Å². The average Bonchev–Trinajstić information content (AvgIpc) is 3.20. The molecule has 2 aliphatic rings. The average molecular weight is 341 g/mol. The summed E-state index contributed by atoms with van der Waals surface area (Å²) in [5.41, 5.74) is 1.13. The van der Waals surface area contributed by atoms with Gasteiger partial charge in [0.25, 0.3) is 0 Å². The maximum atomic E-state index is 12.9. The summed E-state index contributed by atoms with van der Waals surface area (Å²) in [6.45, 7) is 5.15. The molecule has 1 saturated heterocycles. The summed E-state index contributed by atoms with van der Waals surface area (Å²) >= 11 is 0. The number of amides is 1. The van der Waals surface area contributed by atoms with Gasteiger partial charge in [0.05, 0.1) is 12.6 Å². The van der Waals surface area contributed by atoms with Gasteiger partial charge in [0.1, 0.15) is 18.2 Å². The van der Waals surface area contributed by atoms with E-state index in [4.69, 9.17) is 4.74 Å². The van der Waals surface area contributed by atoms with E-state index >= 15 is 0 Å². The Hall–Kier alpha value is -2.41.